The molecule has 23 heavy (non-hydrogen) atoms. The van der Waals surface area contributed by atoms with E-state index in [4.69, 9.17) is 14.0 Å². The van der Waals surface area contributed by atoms with Crippen molar-refractivity contribution < 1.29 is 14.0 Å². The Kier molecular flexibility index (Phi) is 3.91. The number of pyridine rings is 1. The van der Waals surface area contributed by atoms with E-state index in [2.05, 4.69) is 20.2 Å². The lowest BCUT2D eigenvalue weighted by molar-refractivity contribution is -0.0770. The lowest BCUT2D eigenvalue weighted by atomic mass is 10.2. The first kappa shape index (κ1) is 14.2. The van der Waals surface area contributed by atoms with E-state index in [1.165, 1.54) is 4.85 Å². The number of morpholine rings is 1. The maximum absolute atomic E-state index is 5.77. The van der Waals surface area contributed by atoms with E-state index in [0.717, 1.165) is 25.2 Å². The van der Waals surface area contributed by atoms with Gasteiger partial charge in [-0.05, 0) is 23.4 Å². The van der Waals surface area contributed by atoms with Crippen LogP contribution < -0.4 is 4.84 Å². The smallest absolute Gasteiger partial charge is 0.219 e. The molecule has 0 aromatic carbocycles. The zero-order valence-electron chi connectivity index (χ0n) is 12.5. The van der Waals surface area contributed by atoms with Crippen molar-refractivity contribution in [2.45, 2.75) is 12.6 Å². The number of fused-ring (bicyclic) bond motifs is 1. The molecule has 1 unspecified atom stereocenters. The molecule has 1 aliphatic heterocycles. The average Bonchev–Trinajstić information content (AvgIpc) is 3.23. The number of aromatic nitrogens is 4. The number of nitrogens with zero attached hydrogens (tertiary/aromatic N) is 5. The fourth-order valence-electron chi connectivity index (χ4n) is 2.65. The van der Waals surface area contributed by atoms with Gasteiger partial charge in [0, 0.05) is 31.4 Å². The predicted octanol–water partition coefficient (Wildman–Crippen LogP) is 0.749. The summed E-state index contributed by atoms with van der Waals surface area (Å²) < 4.78 is 10.9. The summed E-state index contributed by atoms with van der Waals surface area (Å²) in [5.74, 6) is 0. The van der Waals surface area contributed by atoms with Crippen LogP contribution in [-0.4, -0.2) is 57.4 Å². The van der Waals surface area contributed by atoms with Gasteiger partial charge in [0.1, 0.15) is 18.2 Å². The monoisotopic (exact) mass is 315 g/mol. The van der Waals surface area contributed by atoms with Crippen molar-refractivity contribution in [2.75, 3.05) is 26.3 Å². The molecule has 0 bridgehead atoms. The quantitative estimate of drug-likeness (QED) is 0.687. The molecule has 0 aliphatic carbocycles. The highest BCUT2D eigenvalue weighted by Crippen LogP contribution is 2.11. The van der Waals surface area contributed by atoms with E-state index >= 15 is 0 Å². The minimum atomic E-state index is -0.0152. The summed E-state index contributed by atoms with van der Waals surface area (Å²) in [5.41, 5.74) is 2.48. The Balaban J connectivity index is 1.35. The molecule has 8 nitrogen and oxygen atoms in total. The van der Waals surface area contributed by atoms with Crippen LogP contribution in [0.3, 0.4) is 0 Å². The van der Waals surface area contributed by atoms with Gasteiger partial charge in [0.15, 0.2) is 0 Å². The van der Waals surface area contributed by atoms with E-state index in [-0.39, 0.29) is 6.10 Å². The molecule has 0 saturated carbocycles. The molecule has 1 aliphatic rings. The maximum Gasteiger partial charge on any atom is 0.219 e. The summed E-state index contributed by atoms with van der Waals surface area (Å²) >= 11 is 0. The highest BCUT2D eigenvalue weighted by molar-refractivity contribution is 5.68. The summed E-state index contributed by atoms with van der Waals surface area (Å²) in [6, 6.07) is 5.65. The summed E-state index contributed by atoms with van der Waals surface area (Å²) in [7, 11) is 0. The number of hydrogen-bond donors (Lipinski definition) is 0. The molecule has 0 N–H and O–H groups in total. The molecule has 1 atom stereocenters. The fraction of sp³-hybridized carbons (Fsp3) is 0.400. The largest absolute Gasteiger partial charge is 0.472 e. The second-order valence-corrected chi connectivity index (χ2v) is 5.46. The SMILES string of the molecule is c1cnc2c(c1)nnn2OCC1CN(Cc2ccoc2)CCO1. The van der Waals surface area contributed by atoms with Crippen molar-refractivity contribution in [3.63, 3.8) is 0 Å². The van der Waals surface area contributed by atoms with Crippen LogP contribution in [-0.2, 0) is 11.3 Å². The van der Waals surface area contributed by atoms with Crippen LogP contribution in [0.5, 0.6) is 0 Å². The van der Waals surface area contributed by atoms with Gasteiger partial charge in [-0.25, -0.2) is 4.98 Å². The van der Waals surface area contributed by atoms with Crippen LogP contribution in [0.4, 0.5) is 0 Å². The van der Waals surface area contributed by atoms with Gasteiger partial charge in [0.25, 0.3) is 0 Å². The van der Waals surface area contributed by atoms with Gasteiger partial charge in [-0.2, -0.15) is 0 Å². The Morgan fingerprint density at radius 3 is 3.26 bits per heavy atom. The lowest BCUT2D eigenvalue weighted by Gasteiger charge is -2.32. The number of furan rings is 1. The highest BCUT2D eigenvalue weighted by atomic mass is 16.7. The van der Waals surface area contributed by atoms with Gasteiger partial charge in [-0.1, -0.05) is 4.85 Å². The first-order valence-corrected chi connectivity index (χ1v) is 7.53. The molecule has 0 amide bonds. The standard InChI is InChI=1S/C15H17N5O3/c1-2-14-15(16-4-1)20(18-17-14)23-11-13-9-19(5-7-22-13)8-12-3-6-21-10-12/h1-4,6,10,13H,5,7-9,11H2. The molecule has 3 aromatic rings. The lowest BCUT2D eigenvalue weighted by Crippen LogP contribution is -2.45. The van der Waals surface area contributed by atoms with Crippen molar-refractivity contribution in [3.8, 4) is 0 Å². The van der Waals surface area contributed by atoms with Crippen molar-refractivity contribution in [1.29, 1.82) is 0 Å². The third-order valence-electron chi connectivity index (χ3n) is 3.77. The Bertz CT molecular complexity index is 757. The summed E-state index contributed by atoms with van der Waals surface area (Å²) in [6.07, 6.45) is 5.14. The molecule has 4 rings (SSSR count). The Morgan fingerprint density at radius 2 is 2.35 bits per heavy atom. The zero-order valence-corrected chi connectivity index (χ0v) is 12.5. The predicted molar refractivity (Wildman–Crippen MR) is 80.5 cm³/mol. The average molecular weight is 315 g/mol. The van der Waals surface area contributed by atoms with E-state index in [1.807, 2.05) is 18.2 Å². The Morgan fingerprint density at radius 1 is 1.35 bits per heavy atom. The van der Waals surface area contributed by atoms with Crippen molar-refractivity contribution in [3.05, 3.63) is 42.5 Å². The second-order valence-electron chi connectivity index (χ2n) is 5.46. The maximum atomic E-state index is 5.77. The van der Waals surface area contributed by atoms with E-state index in [0.29, 0.717) is 24.4 Å². The highest BCUT2D eigenvalue weighted by Gasteiger charge is 2.22. The van der Waals surface area contributed by atoms with Crippen LogP contribution in [0.2, 0.25) is 0 Å². The van der Waals surface area contributed by atoms with Gasteiger partial charge >= 0.3 is 0 Å². The molecule has 8 heteroatoms. The Labute approximate surface area is 132 Å². The molecule has 120 valence electrons. The van der Waals surface area contributed by atoms with E-state index in [1.54, 1.807) is 18.7 Å². The molecule has 4 heterocycles. The number of rotatable bonds is 5. The zero-order chi connectivity index (χ0) is 15.5. The van der Waals surface area contributed by atoms with Crippen LogP contribution in [0.15, 0.2) is 41.3 Å². The molecular formula is C15H17N5O3. The molecule has 1 saturated heterocycles. The third-order valence-corrected chi connectivity index (χ3v) is 3.77. The summed E-state index contributed by atoms with van der Waals surface area (Å²) in [6.45, 7) is 3.63. The first-order chi connectivity index (χ1) is 11.4. The minimum absolute atomic E-state index is 0.0152. The molecule has 3 aromatic heterocycles. The van der Waals surface area contributed by atoms with Crippen molar-refractivity contribution >= 4 is 11.2 Å². The molecule has 0 spiro atoms. The van der Waals surface area contributed by atoms with Gasteiger partial charge in [0.2, 0.25) is 5.65 Å². The van der Waals surface area contributed by atoms with Gasteiger partial charge in [-0.15, -0.1) is 5.10 Å². The summed E-state index contributed by atoms with van der Waals surface area (Å²) in [4.78, 5) is 13.6. The first-order valence-electron chi connectivity index (χ1n) is 7.53. The van der Waals surface area contributed by atoms with Crippen molar-refractivity contribution in [2.24, 2.45) is 0 Å². The minimum Gasteiger partial charge on any atom is -0.472 e. The van der Waals surface area contributed by atoms with E-state index in [9.17, 15) is 0 Å². The topological polar surface area (TPSA) is 78.4 Å². The van der Waals surface area contributed by atoms with Gasteiger partial charge < -0.3 is 14.0 Å². The fourth-order valence-corrected chi connectivity index (χ4v) is 2.65. The molecular weight excluding hydrogens is 298 g/mol. The van der Waals surface area contributed by atoms with Gasteiger partial charge in [0.05, 0.1) is 19.1 Å². The van der Waals surface area contributed by atoms with Crippen LogP contribution in [0.25, 0.3) is 11.2 Å². The van der Waals surface area contributed by atoms with Crippen LogP contribution >= 0.6 is 0 Å². The molecule has 1 fully saturated rings. The van der Waals surface area contributed by atoms with Crippen LogP contribution in [0.1, 0.15) is 5.56 Å². The van der Waals surface area contributed by atoms with Gasteiger partial charge in [-0.3, -0.25) is 4.90 Å². The number of hydrogen-bond acceptors (Lipinski definition) is 7. The normalized spacial score (nSPS) is 19.2. The van der Waals surface area contributed by atoms with Crippen LogP contribution in [0, 0.1) is 0 Å². The summed E-state index contributed by atoms with van der Waals surface area (Å²) in [5, 5.41) is 7.97. The van der Waals surface area contributed by atoms with Crippen molar-refractivity contribution in [1.82, 2.24) is 25.0 Å². The Hall–Kier alpha value is -2.45. The number of ether oxygens (including phenoxy) is 1. The second kappa shape index (κ2) is 6.35. The van der Waals surface area contributed by atoms with E-state index < -0.39 is 0 Å². The third kappa shape index (κ3) is 3.17. The molecule has 0 radical (unpaired) electrons.